The molecule has 0 radical (unpaired) electrons. The van der Waals surface area contributed by atoms with E-state index in [4.69, 9.17) is 4.74 Å². The smallest absolute Gasteiger partial charge is 0.121 e. The van der Waals surface area contributed by atoms with E-state index in [2.05, 4.69) is 49.6 Å². The molecule has 0 spiro atoms. The summed E-state index contributed by atoms with van der Waals surface area (Å²) >= 11 is 0. The molecule has 0 aromatic heterocycles. The number of ether oxygens (including phenoxy) is 1. The van der Waals surface area contributed by atoms with Gasteiger partial charge in [0.05, 0.1) is 18.0 Å². The van der Waals surface area contributed by atoms with Crippen molar-refractivity contribution in [3.05, 3.63) is 18.2 Å². The van der Waals surface area contributed by atoms with Crippen LogP contribution in [-0.2, 0) is 0 Å². The molecule has 1 aliphatic carbocycles. The Labute approximate surface area is 115 Å². The van der Waals surface area contributed by atoms with Gasteiger partial charge in [0.25, 0.3) is 0 Å². The fourth-order valence-electron chi connectivity index (χ4n) is 2.30. The maximum absolute atomic E-state index is 5.83. The number of hydrogen-bond acceptors (Lipinski definition) is 3. The molecule has 1 aliphatic heterocycles. The van der Waals surface area contributed by atoms with Gasteiger partial charge >= 0.3 is 0 Å². The molecule has 1 fully saturated rings. The average Bonchev–Trinajstić information content (AvgIpc) is 3.13. The van der Waals surface area contributed by atoms with E-state index in [1.54, 1.807) is 0 Å². The van der Waals surface area contributed by atoms with Crippen molar-refractivity contribution >= 4 is 11.4 Å². The lowest BCUT2D eigenvalue weighted by atomic mass is 9.87. The first-order valence-corrected chi connectivity index (χ1v) is 7.38. The van der Waals surface area contributed by atoms with Crippen LogP contribution in [0, 0.1) is 11.3 Å². The summed E-state index contributed by atoms with van der Waals surface area (Å²) in [5.74, 6) is 1.78. The molecule has 19 heavy (non-hydrogen) atoms. The van der Waals surface area contributed by atoms with Gasteiger partial charge in [-0.15, -0.1) is 0 Å². The largest absolute Gasteiger partial charge is 0.493 e. The highest BCUT2D eigenvalue weighted by molar-refractivity contribution is 5.76. The Morgan fingerprint density at radius 2 is 1.95 bits per heavy atom. The van der Waals surface area contributed by atoms with Crippen LogP contribution in [-0.4, -0.2) is 12.8 Å². The van der Waals surface area contributed by atoms with Gasteiger partial charge in [0.15, 0.2) is 0 Å². The zero-order valence-electron chi connectivity index (χ0n) is 12.1. The van der Waals surface area contributed by atoms with E-state index in [1.807, 2.05) is 0 Å². The fraction of sp³-hybridized carbons (Fsp3) is 0.625. The van der Waals surface area contributed by atoms with E-state index in [0.29, 0.717) is 6.17 Å². The van der Waals surface area contributed by atoms with Crippen molar-refractivity contribution in [3.63, 3.8) is 0 Å². The summed E-state index contributed by atoms with van der Waals surface area (Å²) in [5.41, 5.74) is 2.58. The molecule has 0 amide bonds. The summed E-state index contributed by atoms with van der Waals surface area (Å²) < 4.78 is 5.83. The summed E-state index contributed by atoms with van der Waals surface area (Å²) in [6.45, 7) is 7.68. The third-order valence-electron chi connectivity index (χ3n) is 4.47. The lowest BCUT2D eigenvalue weighted by Gasteiger charge is -2.30. The minimum absolute atomic E-state index is 0.230. The monoisotopic (exact) mass is 260 g/mol. The Balaban J connectivity index is 1.68. The van der Waals surface area contributed by atoms with Crippen LogP contribution in [0.1, 0.15) is 40.0 Å². The fourth-order valence-corrected chi connectivity index (χ4v) is 2.30. The molecule has 1 saturated carbocycles. The molecule has 1 heterocycles. The second kappa shape index (κ2) is 4.62. The maximum Gasteiger partial charge on any atom is 0.121 e. The summed E-state index contributed by atoms with van der Waals surface area (Å²) in [7, 11) is 0. The Morgan fingerprint density at radius 1 is 1.21 bits per heavy atom. The molecule has 3 nitrogen and oxygen atoms in total. The molecule has 1 atom stereocenters. The first kappa shape index (κ1) is 12.6. The molecule has 104 valence electrons. The molecule has 2 N–H and O–H groups in total. The molecule has 1 aromatic carbocycles. The van der Waals surface area contributed by atoms with E-state index in [9.17, 15) is 0 Å². The standard InChI is InChI=1S/C16H24N2O/c1-4-16(2,3)15-17-13-8-7-12(9-14(13)18-15)19-10-11-5-6-11/h7-9,11,15,17-18H,4-6,10H2,1-3H3. The van der Waals surface area contributed by atoms with Crippen LogP contribution in [0.4, 0.5) is 11.4 Å². The zero-order valence-corrected chi connectivity index (χ0v) is 12.1. The minimum atomic E-state index is 0.230. The van der Waals surface area contributed by atoms with E-state index in [0.717, 1.165) is 24.7 Å². The van der Waals surface area contributed by atoms with E-state index >= 15 is 0 Å². The van der Waals surface area contributed by atoms with Crippen molar-refractivity contribution in [2.24, 2.45) is 11.3 Å². The molecular formula is C16H24N2O. The minimum Gasteiger partial charge on any atom is -0.493 e. The van der Waals surface area contributed by atoms with Crippen LogP contribution >= 0.6 is 0 Å². The molecule has 1 unspecified atom stereocenters. The van der Waals surface area contributed by atoms with Gasteiger partial charge in [-0.1, -0.05) is 20.8 Å². The van der Waals surface area contributed by atoms with Crippen LogP contribution in [0.15, 0.2) is 18.2 Å². The van der Waals surface area contributed by atoms with Gasteiger partial charge in [0, 0.05) is 11.5 Å². The molecule has 2 aliphatic rings. The third-order valence-corrected chi connectivity index (χ3v) is 4.47. The summed E-state index contributed by atoms with van der Waals surface area (Å²) in [5, 5.41) is 7.14. The second-order valence-corrected chi connectivity index (χ2v) is 6.53. The van der Waals surface area contributed by atoms with Gasteiger partial charge in [-0.3, -0.25) is 0 Å². The van der Waals surface area contributed by atoms with Crippen molar-refractivity contribution in [2.75, 3.05) is 17.2 Å². The van der Waals surface area contributed by atoms with Crippen molar-refractivity contribution in [2.45, 2.75) is 46.2 Å². The normalized spacial score (nSPS) is 21.5. The average molecular weight is 260 g/mol. The highest BCUT2D eigenvalue weighted by Gasteiger charge is 2.32. The van der Waals surface area contributed by atoms with E-state index in [1.165, 1.54) is 24.2 Å². The second-order valence-electron chi connectivity index (χ2n) is 6.53. The van der Waals surface area contributed by atoms with Crippen molar-refractivity contribution < 1.29 is 4.74 Å². The highest BCUT2D eigenvalue weighted by Crippen LogP contribution is 2.39. The Kier molecular flexibility index (Phi) is 3.08. The molecule has 3 heteroatoms. The summed E-state index contributed by atoms with van der Waals surface area (Å²) in [6, 6.07) is 6.31. The van der Waals surface area contributed by atoms with Crippen LogP contribution in [0.3, 0.4) is 0 Å². The lowest BCUT2D eigenvalue weighted by molar-refractivity contribution is 0.300. The van der Waals surface area contributed by atoms with Crippen LogP contribution < -0.4 is 15.4 Å². The molecule has 0 saturated heterocycles. The Bertz CT molecular complexity index is 466. The first-order chi connectivity index (χ1) is 9.08. The predicted molar refractivity (Wildman–Crippen MR) is 79.8 cm³/mol. The van der Waals surface area contributed by atoms with E-state index < -0.39 is 0 Å². The van der Waals surface area contributed by atoms with Gasteiger partial charge in [-0.05, 0) is 37.3 Å². The third kappa shape index (κ3) is 2.65. The van der Waals surface area contributed by atoms with Crippen molar-refractivity contribution in [1.82, 2.24) is 0 Å². The summed E-state index contributed by atoms with van der Waals surface area (Å²) in [6.07, 6.45) is 4.09. The van der Waals surface area contributed by atoms with Crippen LogP contribution in [0.5, 0.6) is 5.75 Å². The quantitative estimate of drug-likeness (QED) is 0.837. The summed E-state index contributed by atoms with van der Waals surface area (Å²) in [4.78, 5) is 0. The number of anilines is 2. The van der Waals surface area contributed by atoms with Crippen LogP contribution in [0.2, 0.25) is 0 Å². The Hall–Kier alpha value is -1.38. The topological polar surface area (TPSA) is 33.3 Å². The first-order valence-electron chi connectivity index (χ1n) is 7.38. The SMILES string of the molecule is CCC(C)(C)C1Nc2ccc(OCC3CC3)cc2N1. The van der Waals surface area contributed by atoms with Gasteiger partial charge in [0.2, 0.25) is 0 Å². The molecule has 1 aromatic rings. The van der Waals surface area contributed by atoms with E-state index in [-0.39, 0.29) is 5.41 Å². The Morgan fingerprint density at radius 3 is 2.63 bits per heavy atom. The van der Waals surface area contributed by atoms with Gasteiger partial charge in [0.1, 0.15) is 11.9 Å². The number of rotatable bonds is 5. The zero-order chi connectivity index (χ0) is 13.5. The van der Waals surface area contributed by atoms with Crippen molar-refractivity contribution in [1.29, 1.82) is 0 Å². The van der Waals surface area contributed by atoms with Crippen molar-refractivity contribution in [3.8, 4) is 5.75 Å². The van der Waals surface area contributed by atoms with Gasteiger partial charge < -0.3 is 15.4 Å². The highest BCUT2D eigenvalue weighted by atomic mass is 16.5. The predicted octanol–water partition coefficient (Wildman–Crippen LogP) is 4.08. The van der Waals surface area contributed by atoms with Crippen LogP contribution in [0.25, 0.3) is 0 Å². The maximum atomic E-state index is 5.83. The molecule has 0 bridgehead atoms. The molecular weight excluding hydrogens is 236 g/mol. The number of fused-ring (bicyclic) bond motifs is 1. The van der Waals surface area contributed by atoms with Gasteiger partial charge in [-0.25, -0.2) is 0 Å². The van der Waals surface area contributed by atoms with Gasteiger partial charge in [-0.2, -0.15) is 0 Å². The number of hydrogen-bond donors (Lipinski definition) is 2. The number of nitrogens with one attached hydrogen (secondary N) is 2. The molecule has 3 rings (SSSR count). The number of benzene rings is 1. The lowest BCUT2D eigenvalue weighted by Crippen LogP contribution is -2.38.